The van der Waals surface area contributed by atoms with Crippen LogP contribution in [0.1, 0.15) is 40.9 Å². The SMILES string of the molecule is CCOP(=O)(Cc1ccc(Nc2ncc(C(F)(F)F)c(Nc3ccc(-c4cnn(CCO)c4)c4c3C(=O)N(C)C4)n2)c(OC)c1)OCC. The molecule has 3 heterocycles. The number of anilines is 4. The van der Waals surface area contributed by atoms with Crippen molar-refractivity contribution < 1.29 is 41.4 Å². The van der Waals surface area contributed by atoms with E-state index < -0.39 is 25.2 Å². The molecule has 256 valence electrons. The molecule has 1 amide bonds. The number of aromatic nitrogens is 4. The number of aliphatic hydroxyl groups is 1. The van der Waals surface area contributed by atoms with Crippen LogP contribution in [-0.4, -0.2) is 69.6 Å². The van der Waals surface area contributed by atoms with Gasteiger partial charge in [-0.2, -0.15) is 23.3 Å². The molecule has 1 aliphatic heterocycles. The van der Waals surface area contributed by atoms with Gasteiger partial charge in [-0.05, 0) is 48.7 Å². The first-order chi connectivity index (χ1) is 22.9. The fourth-order valence-corrected chi connectivity index (χ4v) is 7.02. The van der Waals surface area contributed by atoms with E-state index in [4.69, 9.17) is 13.8 Å². The standard InChI is InChI=1S/C31H35F3N7O6P/c1-5-46-48(44,47-6-2)18-19-7-9-24(26(13-19)45-4)38-30-35-15-23(31(32,33)34)28(39-30)37-25-10-8-21(20-14-36-41(16-20)11-12-42)22-17-40(3)29(43)27(22)25/h7-10,13-16,42H,5-6,11-12,17-18H2,1-4H3,(H2,35,37,38,39). The van der Waals surface area contributed by atoms with Crippen molar-refractivity contribution in [1.29, 1.82) is 0 Å². The molecule has 2 aromatic heterocycles. The van der Waals surface area contributed by atoms with Gasteiger partial charge >= 0.3 is 13.8 Å². The van der Waals surface area contributed by atoms with E-state index in [1.165, 1.54) is 18.1 Å². The number of rotatable bonds is 14. The Morgan fingerprint density at radius 2 is 1.79 bits per heavy atom. The average Bonchev–Trinajstić information content (AvgIpc) is 3.61. The summed E-state index contributed by atoms with van der Waals surface area (Å²) in [5, 5.41) is 19.1. The number of nitrogens with one attached hydrogen (secondary N) is 2. The average molecular weight is 690 g/mol. The highest BCUT2D eigenvalue weighted by Crippen LogP contribution is 2.52. The molecule has 3 N–H and O–H groups in total. The fraction of sp³-hybridized carbons (Fsp3) is 0.355. The van der Waals surface area contributed by atoms with Gasteiger partial charge in [0.25, 0.3) is 5.91 Å². The van der Waals surface area contributed by atoms with Crippen molar-refractivity contribution in [1.82, 2.24) is 24.6 Å². The molecule has 0 saturated carbocycles. The summed E-state index contributed by atoms with van der Waals surface area (Å²) in [5.41, 5.74) is 2.12. The first-order valence-electron chi connectivity index (χ1n) is 15.0. The Hall–Kier alpha value is -4.50. The fourth-order valence-electron chi connectivity index (χ4n) is 5.33. The molecule has 13 nitrogen and oxygen atoms in total. The van der Waals surface area contributed by atoms with Crippen molar-refractivity contribution in [2.75, 3.05) is 44.6 Å². The van der Waals surface area contributed by atoms with Crippen LogP contribution >= 0.6 is 7.60 Å². The van der Waals surface area contributed by atoms with Gasteiger partial charge in [0.15, 0.2) is 0 Å². The van der Waals surface area contributed by atoms with Gasteiger partial charge < -0.3 is 34.4 Å². The smallest absolute Gasteiger partial charge is 0.421 e. The minimum Gasteiger partial charge on any atom is -0.495 e. The van der Waals surface area contributed by atoms with Crippen molar-refractivity contribution in [3.8, 4) is 16.9 Å². The van der Waals surface area contributed by atoms with E-state index in [9.17, 15) is 27.6 Å². The third kappa shape index (κ3) is 7.46. The number of aliphatic hydroxyl groups excluding tert-OH is 1. The van der Waals surface area contributed by atoms with Gasteiger partial charge in [-0.1, -0.05) is 12.1 Å². The lowest BCUT2D eigenvalue weighted by Gasteiger charge is -2.19. The van der Waals surface area contributed by atoms with Crippen molar-refractivity contribution in [2.24, 2.45) is 0 Å². The number of fused-ring (bicyclic) bond motifs is 1. The molecule has 0 atom stereocenters. The summed E-state index contributed by atoms with van der Waals surface area (Å²) in [5.74, 6) is -0.840. The summed E-state index contributed by atoms with van der Waals surface area (Å²) in [6.07, 6.45) is -0.860. The Bertz CT molecular complexity index is 1840. The minimum absolute atomic E-state index is 0.0157. The predicted molar refractivity (Wildman–Crippen MR) is 172 cm³/mol. The summed E-state index contributed by atoms with van der Waals surface area (Å²) < 4.78 is 73.3. The Morgan fingerprint density at radius 3 is 2.46 bits per heavy atom. The Labute approximate surface area is 274 Å². The lowest BCUT2D eigenvalue weighted by Crippen LogP contribution is -2.18. The third-order valence-corrected chi connectivity index (χ3v) is 9.49. The van der Waals surface area contributed by atoms with Gasteiger partial charge in [0.05, 0.1) is 62.8 Å². The second-order valence-electron chi connectivity index (χ2n) is 10.7. The highest BCUT2D eigenvalue weighted by molar-refractivity contribution is 7.53. The van der Waals surface area contributed by atoms with E-state index in [0.717, 1.165) is 0 Å². The van der Waals surface area contributed by atoms with Crippen molar-refractivity contribution in [3.63, 3.8) is 0 Å². The Morgan fingerprint density at radius 1 is 1.06 bits per heavy atom. The molecule has 0 radical (unpaired) electrons. The van der Waals surface area contributed by atoms with Crippen LogP contribution in [0, 0.1) is 0 Å². The molecular weight excluding hydrogens is 654 g/mol. The zero-order chi connectivity index (χ0) is 34.6. The molecule has 0 bridgehead atoms. The molecular formula is C31H35F3N7O6P. The number of carbonyl (C=O) groups excluding carboxylic acids is 1. The van der Waals surface area contributed by atoms with Crippen LogP contribution in [0.3, 0.4) is 0 Å². The minimum atomic E-state index is -4.82. The topological polar surface area (TPSA) is 153 Å². The van der Waals surface area contributed by atoms with E-state index in [1.54, 1.807) is 62.2 Å². The molecule has 5 rings (SSSR count). The van der Waals surface area contributed by atoms with Crippen molar-refractivity contribution in [3.05, 3.63) is 71.2 Å². The van der Waals surface area contributed by atoms with Crippen LogP contribution in [0.5, 0.6) is 5.75 Å². The van der Waals surface area contributed by atoms with Crippen LogP contribution < -0.4 is 15.4 Å². The first-order valence-corrected chi connectivity index (χ1v) is 16.7. The molecule has 4 aromatic rings. The third-order valence-electron chi connectivity index (χ3n) is 7.43. The van der Waals surface area contributed by atoms with Crippen LogP contribution in [0.15, 0.2) is 48.9 Å². The van der Waals surface area contributed by atoms with Gasteiger partial charge in [-0.3, -0.25) is 14.0 Å². The molecule has 0 aliphatic carbocycles. The van der Waals surface area contributed by atoms with E-state index in [-0.39, 0.29) is 67.9 Å². The first kappa shape index (κ1) is 34.8. The molecule has 0 fully saturated rings. The van der Waals surface area contributed by atoms with E-state index >= 15 is 0 Å². The second-order valence-corrected chi connectivity index (χ2v) is 12.8. The summed E-state index contributed by atoms with van der Waals surface area (Å²) in [6.45, 7) is 4.23. The quantitative estimate of drug-likeness (QED) is 0.130. The van der Waals surface area contributed by atoms with E-state index in [0.29, 0.717) is 34.1 Å². The molecule has 2 aromatic carbocycles. The number of nitrogens with zero attached hydrogens (tertiary/aromatic N) is 5. The second kappa shape index (κ2) is 14.3. The van der Waals surface area contributed by atoms with Crippen LogP contribution in [0.2, 0.25) is 0 Å². The molecule has 17 heteroatoms. The summed E-state index contributed by atoms with van der Waals surface area (Å²) in [7, 11) is -0.398. The largest absolute Gasteiger partial charge is 0.495 e. The highest BCUT2D eigenvalue weighted by atomic mass is 31.2. The van der Waals surface area contributed by atoms with Gasteiger partial charge in [-0.15, -0.1) is 0 Å². The molecule has 0 saturated heterocycles. The number of hydrogen-bond donors (Lipinski definition) is 3. The zero-order valence-electron chi connectivity index (χ0n) is 26.7. The summed E-state index contributed by atoms with van der Waals surface area (Å²) in [6, 6.07) is 8.07. The van der Waals surface area contributed by atoms with Gasteiger partial charge in [0.1, 0.15) is 17.1 Å². The summed E-state index contributed by atoms with van der Waals surface area (Å²) >= 11 is 0. The molecule has 0 spiro atoms. The van der Waals surface area contributed by atoms with E-state index in [2.05, 4.69) is 25.7 Å². The number of carbonyl (C=O) groups is 1. The van der Waals surface area contributed by atoms with Crippen LogP contribution in [0.25, 0.3) is 11.1 Å². The maximum atomic E-state index is 14.2. The van der Waals surface area contributed by atoms with Crippen molar-refractivity contribution >= 4 is 36.6 Å². The normalized spacial score (nSPS) is 13.2. The van der Waals surface area contributed by atoms with Gasteiger partial charge in [0.2, 0.25) is 5.95 Å². The number of amides is 1. The maximum Gasteiger partial charge on any atom is 0.421 e. The lowest BCUT2D eigenvalue weighted by molar-refractivity contribution is -0.137. The number of methoxy groups -OCH3 is 1. The Kier molecular flexibility index (Phi) is 10.4. The van der Waals surface area contributed by atoms with Crippen LogP contribution in [-0.2, 0) is 39.0 Å². The molecule has 1 aliphatic rings. The monoisotopic (exact) mass is 689 g/mol. The van der Waals surface area contributed by atoms with Crippen LogP contribution in [0.4, 0.5) is 36.3 Å². The number of benzene rings is 2. The maximum absolute atomic E-state index is 14.2. The highest BCUT2D eigenvalue weighted by Gasteiger charge is 2.37. The van der Waals surface area contributed by atoms with E-state index in [1.807, 2.05) is 0 Å². The number of halogens is 3. The number of hydrogen-bond acceptors (Lipinski definition) is 11. The van der Waals surface area contributed by atoms with Crippen molar-refractivity contribution in [2.45, 2.75) is 39.3 Å². The van der Waals surface area contributed by atoms with Gasteiger partial charge in [-0.25, -0.2) is 4.98 Å². The lowest BCUT2D eigenvalue weighted by atomic mass is 9.97. The number of ether oxygens (including phenoxy) is 1. The molecule has 48 heavy (non-hydrogen) atoms. The van der Waals surface area contributed by atoms with Gasteiger partial charge in [0, 0.05) is 31.5 Å². The molecule has 0 unspecified atom stereocenters. The number of alkyl halides is 3. The zero-order valence-corrected chi connectivity index (χ0v) is 27.6. The predicted octanol–water partition coefficient (Wildman–Crippen LogP) is 6.20. The summed E-state index contributed by atoms with van der Waals surface area (Å²) in [4.78, 5) is 22.8. The Balaban J connectivity index is 1.48.